The molecule has 0 aromatic heterocycles. The summed E-state index contributed by atoms with van der Waals surface area (Å²) in [5, 5.41) is 34.9. The maximum atomic E-state index is 15.7. The van der Waals surface area contributed by atoms with Crippen molar-refractivity contribution in [3.8, 4) is 0 Å². The van der Waals surface area contributed by atoms with Crippen LogP contribution in [0.2, 0.25) is 0 Å². The van der Waals surface area contributed by atoms with E-state index in [-0.39, 0.29) is 67.7 Å². The molecule has 6 heteroatoms. The number of carboxylic acid groups (broad SMARTS) is 1. The molecule has 0 bridgehead atoms. The maximum absolute atomic E-state index is 15.7. The lowest BCUT2D eigenvalue weighted by molar-refractivity contribution is -0.244. The van der Waals surface area contributed by atoms with E-state index in [1.54, 1.807) is 5.57 Å². The molecule has 8 saturated carbocycles. The highest BCUT2D eigenvalue weighted by Crippen LogP contribution is 2.79. The molecule has 8 fully saturated rings. The summed E-state index contributed by atoms with van der Waals surface area (Å²) in [7, 11) is 0. The van der Waals surface area contributed by atoms with Crippen molar-refractivity contribution >= 4 is 11.9 Å². The van der Waals surface area contributed by atoms with Crippen molar-refractivity contribution in [2.75, 3.05) is 0 Å². The molecule has 19 atom stereocenters. The van der Waals surface area contributed by atoms with Crippen LogP contribution in [0.1, 0.15) is 206 Å². The lowest BCUT2D eigenvalue weighted by Crippen LogP contribution is -2.67. The van der Waals surface area contributed by atoms with Gasteiger partial charge in [0.05, 0.1) is 23.0 Å². The normalized spacial score (nSPS) is 54.2. The third-order valence-electron chi connectivity index (χ3n) is 26.4. The van der Waals surface area contributed by atoms with Crippen LogP contribution in [0.15, 0.2) is 23.3 Å². The maximum Gasteiger partial charge on any atom is 0.313 e. The molecule has 370 valence electrons. The molecule has 0 amide bonds. The Morgan fingerprint density at radius 3 is 1.55 bits per heavy atom. The number of hydrogen-bond acceptors (Lipinski definition) is 5. The van der Waals surface area contributed by atoms with Crippen LogP contribution in [0.25, 0.3) is 0 Å². The fourth-order valence-electron chi connectivity index (χ4n) is 22.5. The van der Waals surface area contributed by atoms with E-state index >= 15 is 4.79 Å². The van der Waals surface area contributed by atoms with Crippen LogP contribution in [-0.2, 0) is 14.3 Å². The van der Waals surface area contributed by atoms with E-state index in [0.717, 1.165) is 96.3 Å². The molecule has 0 aromatic carbocycles. The number of aliphatic hydroxyl groups excluding tert-OH is 2. The average molecular weight is 911 g/mol. The van der Waals surface area contributed by atoms with Crippen molar-refractivity contribution in [1.82, 2.24) is 0 Å². The van der Waals surface area contributed by atoms with E-state index in [1.807, 2.05) is 0 Å². The highest BCUT2D eigenvalue weighted by Gasteiger charge is 2.74. The molecular weight excluding hydrogens is 817 g/mol. The van der Waals surface area contributed by atoms with Gasteiger partial charge in [0.1, 0.15) is 6.10 Å². The first-order valence-electron chi connectivity index (χ1n) is 27.8. The lowest BCUT2D eigenvalue weighted by atomic mass is 9.34. The molecule has 0 spiro atoms. The van der Waals surface area contributed by atoms with Gasteiger partial charge < -0.3 is 20.1 Å². The summed E-state index contributed by atoms with van der Waals surface area (Å²) in [6.07, 6.45) is 20.0. The monoisotopic (exact) mass is 911 g/mol. The van der Waals surface area contributed by atoms with Crippen molar-refractivity contribution in [2.24, 2.45) is 113 Å². The number of fused-ring (bicyclic) bond motifs is 14. The summed E-state index contributed by atoms with van der Waals surface area (Å²) >= 11 is 0. The number of aliphatic hydroxyl groups is 2. The molecule has 10 rings (SSSR count). The number of hydrogen-bond donors (Lipinski definition) is 3. The SMILES string of the molecule is CC(C)[C@@H]1CC[C@]2(C(=O)O)CC[C@]3(C)C(=CC[C@@H]4[C@@]5(C)CC(O)C(OC(=O)[C@]67CC[C@@H](C(C)C)[C@@H]6C6=CCC8[C@@]9(C)CCC(O)C(C)(C)[C@@H]9CC[C@@]8(C)[C@]6(C)CC7)C(C)(C)[C@@H]5CC[C@]43C)[C@@H]12. The Morgan fingerprint density at radius 1 is 0.561 bits per heavy atom. The van der Waals surface area contributed by atoms with Gasteiger partial charge in [-0.1, -0.05) is 120 Å². The van der Waals surface area contributed by atoms with Crippen LogP contribution in [0.3, 0.4) is 0 Å². The van der Waals surface area contributed by atoms with E-state index in [2.05, 4.69) is 109 Å². The van der Waals surface area contributed by atoms with Gasteiger partial charge in [-0.3, -0.25) is 9.59 Å². The first-order chi connectivity index (χ1) is 30.6. The number of ether oxygens (including phenoxy) is 1. The van der Waals surface area contributed by atoms with Crippen molar-refractivity contribution in [2.45, 2.75) is 224 Å². The highest BCUT2D eigenvalue weighted by atomic mass is 16.6. The summed E-state index contributed by atoms with van der Waals surface area (Å²) in [5.74, 6) is 3.10. The van der Waals surface area contributed by atoms with Gasteiger partial charge in [0.25, 0.3) is 0 Å². The Morgan fingerprint density at radius 2 is 1.03 bits per heavy atom. The van der Waals surface area contributed by atoms with Crippen molar-refractivity contribution in [3.05, 3.63) is 23.3 Å². The Balaban J connectivity index is 0.947. The predicted molar refractivity (Wildman–Crippen MR) is 263 cm³/mol. The van der Waals surface area contributed by atoms with E-state index < -0.39 is 34.4 Å². The topological polar surface area (TPSA) is 104 Å². The zero-order valence-electron chi connectivity index (χ0n) is 44.2. The van der Waals surface area contributed by atoms with Crippen LogP contribution in [0, 0.1) is 113 Å². The summed E-state index contributed by atoms with van der Waals surface area (Å²) in [4.78, 5) is 28.9. The van der Waals surface area contributed by atoms with E-state index in [9.17, 15) is 20.1 Å². The quantitative estimate of drug-likeness (QED) is 0.187. The van der Waals surface area contributed by atoms with Crippen LogP contribution < -0.4 is 0 Å². The second-order valence-corrected chi connectivity index (χ2v) is 29.3. The predicted octanol–water partition coefficient (Wildman–Crippen LogP) is 13.6. The van der Waals surface area contributed by atoms with Crippen molar-refractivity contribution in [1.29, 1.82) is 0 Å². The van der Waals surface area contributed by atoms with Gasteiger partial charge in [0.2, 0.25) is 0 Å². The van der Waals surface area contributed by atoms with Crippen LogP contribution >= 0.6 is 0 Å². The molecular formula is C60H94O6. The van der Waals surface area contributed by atoms with Crippen molar-refractivity contribution in [3.63, 3.8) is 0 Å². The molecule has 10 aliphatic carbocycles. The third kappa shape index (κ3) is 5.67. The third-order valence-corrected chi connectivity index (χ3v) is 26.4. The molecule has 66 heavy (non-hydrogen) atoms. The molecule has 6 nitrogen and oxygen atoms in total. The molecule has 0 saturated heterocycles. The Kier molecular flexibility index (Phi) is 10.7. The number of carboxylic acids is 1. The minimum atomic E-state index is -0.745. The minimum Gasteiger partial charge on any atom is -0.481 e. The summed E-state index contributed by atoms with van der Waals surface area (Å²) in [6.45, 7) is 34.1. The summed E-state index contributed by atoms with van der Waals surface area (Å²) < 4.78 is 7.12. The second kappa shape index (κ2) is 14.7. The lowest BCUT2D eigenvalue weighted by Gasteiger charge is -2.71. The fraction of sp³-hybridized carbons (Fsp3) is 0.900. The van der Waals surface area contributed by atoms with E-state index in [4.69, 9.17) is 4.74 Å². The molecule has 0 aromatic rings. The molecule has 0 heterocycles. The van der Waals surface area contributed by atoms with Crippen LogP contribution in [0.5, 0.6) is 0 Å². The van der Waals surface area contributed by atoms with Crippen molar-refractivity contribution < 1.29 is 29.6 Å². The molecule has 0 aliphatic heterocycles. The zero-order chi connectivity index (χ0) is 48.0. The Hall–Kier alpha value is -1.66. The molecule has 0 radical (unpaired) electrons. The molecule has 10 aliphatic rings. The largest absolute Gasteiger partial charge is 0.481 e. The summed E-state index contributed by atoms with van der Waals surface area (Å²) in [5.41, 5.74) is 1.38. The van der Waals surface area contributed by atoms with E-state index in [0.29, 0.717) is 47.8 Å². The number of carbonyl (C=O) groups excluding carboxylic acids is 1. The first-order valence-corrected chi connectivity index (χ1v) is 27.8. The fourth-order valence-corrected chi connectivity index (χ4v) is 22.5. The first kappa shape index (κ1) is 48.0. The highest BCUT2D eigenvalue weighted by molar-refractivity contribution is 5.80. The standard InChI is InChI=1S/C60H94O6/c1-34(2)36-19-27-59(49(63)64)31-29-55(11)38(46(36)59)16-18-44-54(10)33-40(61)48(52(7,8)42(54)22-26-58(44,55)14)66-50(65)60-28-20-37(35(3)4)47(60)39-15-17-43-53(9)24-23-45(62)51(5,6)41(53)21-25-57(43,13)56(39,12)30-32-60/h15-16,34-37,40-48,61-62H,17-33H2,1-14H3,(H,63,64)/t36-,37-,40?,41-,42-,43?,44+,45?,46+,47+,48?,53-,54-,55+,56+,57+,58+,59-,60-/m0/s1. The van der Waals surface area contributed by atoms with Crippen LogP contribution in [-0.4, -0.2) is 45.6 Å². The smallest absolute Gasteiger partial charge is 0.313 e. The van der Waals surface area contributed by atoms with Gasteiger partial charge >= 0.3 is 11.9 Å². The van der Waals surface area contributed by atoms with Gasteiger partial charge in [0.15, 0.2) is 0 Å². The second-order valence-electron chi connectivity index (χ2n) is 29.3. The number of allylic oxidation sites excluding steroid dienone is 4. The number of carbonyl (C=O) groups is 2. The number of rotatable bonds is 5. The van der Waals surface area contributed by atoms with E-state index in [1.165, 1.54) is 12.0 Å². The summed E-state index contributed by atoms with van der Waals surface area (Å²) in [6, 6.07) is 0. The Bertz CT molecular complexity index is 2080. The van der Waals surface area contributed by atoms with Gasteiger partial charge in [0, 0.05) is 5.41 Å². The van der Waals surface area contributed by atoms with Gasteiger partial charge in [-0.05, 0) is 206 Å². The van der Waals surface area contributed by atoms with Gasteiger partial charge in [-0.15, -0.1) is 0 Å². The van der Waals surface area contributed by atoms with Gasteiger partial charge in [-0.2, -0.15) is 0 Å². The number of esters is 1. The Labute approximate surface area is 401 Å². The average Bonchev–Trinajstić information content (AvgIpc) is 3.83. The van der Waals surface area contributed by atoms with Crippen LogP contribution in [0.4, 0.5) is 0 Å². The zero-order valence-corrected chi connectivity index (χ0v) is 44.2. The molecule has 3 N–H and O–H groups in total. The number of aliphatic carboxylic acids is 1. The van der Waals surface area contributed by atoms with Gasteiger partial charge in [-0.25, -0.2) is 0 Å². The minimum absolute atomic E-state index is 0.00206. The molecule has 4 unspecified atom stereocenters.